The van der Waals surface area contributed by atoms with Crippen molar-refractivity contribution in [3.63, 3.8) is 0 Å². The molecule has 0 spiro atoms. The Balaban J connectivity index is 1.64. The zero-order valence-corrected chi connectivity index (χ0v) is 14.5. The molecule has 2 aromatic rings. The summed E-state index contributed by atoms with van der Waals surface area (Å²) in [6.07, 6.45) is 0.134. The number of hydrogen-bond acceptors (Lipinski definition) is 2. The molecule has 1 atom stereocenters. The number of aryl methyl sites for hydroxylation is 1. The second-order valence-electron chi connectivity index (χ2n) is 6.15. The van der Waals surface area contributed by atoms with Gasteiger partial charge in [-0.3, -0.25) is 9.59 Å². The monoisotopic (exact) mass is 360 g/mol. The number of benzene rings is 2. The van der Waals surface area contributed by atoms with Gasteiger partial charge in [0.2, 0.25) is 11.8 Å². The molecule has 1 N–H and O–H groups in total. The molecule has 0 aliphatic carbocycles. The minimum absolute atomic E-state index is 0.104. The first-order valence-corrected chi connectivity index (χ1v) is 8.41. The fraction of sp³-hybridized carbons (Fsp3) is 0.263. The van der Waals surface area contributed by atoms with Crippen LogP contribution in [0, 0.1) is 18.7 Å². The highest BCUT2D eigenvalue weighted by Gasteiger charge is 2.35. The zero-order valence-electron chi connectivity index (χ0n) is 13.8. The van der Waals surface area contributed by atoms with Crippen molar-refractivity contribution in [3.05, 3.63) is 64.4 Å². The summed E-state index contributed by atoms with van der Waals surface area (Å²) in [4.78, 5) is 26.2. The van der Waals surface area contributed by atoms with E-state index in [4.69, 9.17) is 11.6 Å². The molecule has 1 saturated heterocycles. The molecule has 4 nitrogen and oxygen atoms in total. The lowest BCUT2D eigenvalue weighted by Gasteiger charge is -2.17. The van der Waals surface area contributed by atoms with Gasteiger partial charge in [0.05, 0.1) is 5.92 Å². The van der Waals surface area contributed by atoms with Gasteiger partial charge in [-0.15, -0.1) is 0 Å². The van der Waals surface area contributed by atoms with Crippen molar-refractivity contribution >= 4 is 29.1 Å². The van der Waals surface area contributed by atoms with Crippen LogP contribution in [0.25, 0.3) is 0 Å². The molecule has 0 bridgehead atoms. The number of rotatable bonds is 4. The maximum absolute atomic E-state index is 13.6. The van der Waals surface area contributed by atoms with E-state index in [1.54, 1.807) is 29.2 Å². The minimum atomic E-state index is -0.459. The summed E-state index contributed by atoms with van der Waals surface area (Å²) in [5.74, 6) is -1.19. The molecule has 1 heterocycles. The summed E-state index contributed by atoms with van der Waals surface area (Å²) in [6, 6.07) is 11.7. The molecule has 2 aromatic carbocycles. The van der Waals surface area contributed by atoms with Gasteiger partial charge in [0.1, 0.15) is 5.82 Å². The number of carbonyl (C=O) groups is 2. The normalized spacial score (nSPS) is 17.0. The van der Waals surface area contributed by atoms with E-state index in [1.165, 1.54) is 6.07 Å². The van der Waals surface area contributed by atoms with Gasteiger partial charge in [-0.05, 0) is 30.7 Å². The fourth-order valence-electron chi connectivity index (χ4n) is 2.85. The quantitative estimate of drug-likeness (QED) is 0.907. The summed E-state index contributed by atoms with van der Waals surface area (Å²) in [6.45, 7) is 2.28. The van der Waals surface area contributed by atoms with Crippen LogP contribution in [-0.2, 0) is 16.1 Å². The summed E-state index contributed by atoms with van der Waals surface area (Å²) in [7, 11) is 0. The van der Waals surface area contributed by atoms with E-state index in [0.717, 1.165) is 5.56 Å². The van der Waals surface area contributed by atoms with Crippen molar-refractivity contribution in [1.82, 2.24) is 5.32 Å². The number of hydrogen-bond donors (Lipinski definition) is 1. The highest BCUT2D eigenvalue weighted by atomic mass is 35.5. The maximum atomic E-state index is 13.6. The van der Waals surface area contributed by atoms with Crippen LogP contribution < -0.4 is 10.2 Å². The number of anilines is 1. The molecule has 0 aromatic heterocycles. The van der Waals surface area contributed by atoms with E-state index < -0.39 is 5.92 Å². The minimum Gasteiger partial charge on any atom is -0.352 e. The zero-order chi connectivity index (χ0) is 18.0. The number of nitrogens with one attached hydrogen (secondary N) is 1. The molecule has 0 radical (unpaired) electrons. The molecular formula is C19H18ClFN2O2. The third-order valence-corrected chi connectivity index (χ3v) is 4.78. The number of amides is 2. The molecule has 1 unspecified atom stereocenters. The SMILES string of the molecule is Cc1ccc(N2CC(C(=O)NCc3ccccc3F)CC2=O)cc1Cl. The molecule has 3 rings (SSSR count). The van der Waals surface area contributed by atoms with E-state index in [-0.39, 0.29) is 30.6 Å². The Morgan fingerprint density at radius 2 is 2.08 bits per heavy atom. The Labute approximate surface area is 150 Å². The van der Waals surface area contributed by atoms with Gasteiger partial charge in [0.25, 0.3) is 0 Å². The average molecular weight is 361 g/mol. The molecule has 25 heavy (non-hydrogen) atoms. The highest BCUT2D eigenvalue weighted by Crippen LogP contribution is 2.28. The molecule has 6 heteroatoms. The maximum Gasteiger partial charge on any atom is 0.227 e. The van der Waals surface area contributed by atoms with Crippen LogP contribution in [0.1, 0.15) is 17.5 Å². The molecule has 1 aliphatic heterocycles. The number of carbonyl (C=O) groups excluding carboxylic acids is 2. The average Bonchev–Trinajstić information content (AvgIpc) is 2.98. The number of halogens is 2. The fourth-order valence-corrected chi connectivity index (χ4v) is 3.03. The third kappa shape index (κ3) is 3.82. The molecule has 2 amide bonds. The van der Waals surface area contributed by atoms with Crippen LogP contribution in [0.3, 0.4) is 0 Å². The molecule has 1 fully saturated rings. The van der Waals surface area contributed by atoms with Crippen molar-refractivity contribution in [2.24, 2.45) is 5.92 Å². The van der Waals surface area contributed by atoms with Crippen LogP contribution in [0.15, 0.2) is 42.5 Å². The lowest BCUT2D eigenvalue weighted by atomic mass is 10.1. The first-order valence-electron chi connectivity index (χ1n) is 8.03. The summed E-state index contributed by atoms with van der Waals surface area (Å²) in [5, 5.41) is 3.29. The lowest BCUT2D eigenvalue weighted by Crippen LogP contribution is -2.32. The van der Waals surface area contributed by atoms with E-state index >= 15 is 0 Å². The van der Waals surface area contributed by atoms with Gasteiger partial charge >= 0.3 is 0 Å². The Morgan fingerprint density at radius 3 is 2.80 bits per heavy atom. The van der Waals surface area contributed by atoms with Gasteiger partial charge in [-0.1, -0.05) is 35.9 Å². The second-order valence-corrected chi connectivity index (χ2v) is 6.56. The Bertz CT molecular complexity index is 825. The summed E-state index contributed by atoms with van der Waals surface area (Å²) >= 11 is 6.12. The van der Waals surface area contributed by atoms with E-state index in [2.05, 4.69) is 5.32 Å². The molecular weight excluding hydrogens is 343 g/mol. The second kappa shape index (κ2) is 7.23. The predicted molar refractivity (Wildman–Crippen MR) is 94.9 cm³/mol. The lowest BCUT2D eigenvalue weighted by molar-refractivity contribution is -0.126. The van der Waals surface area contributed by atoms with Gasteiger partial charge < -0.3 is 10.2 Å². The van der Waals surface area contributed by atoms with Crippen LogP contribution in [0.2, 0.25) is 5.02 Å². The predicted octanol–water partition coefficient (Wildman–Crippen LogP) is 3.46. The van der Waals surface area contributed by atoms with Gasteiger partial charge in [0.15, 0.2) is 0 Å². The van der Waals surface area contributed by atoms with Crippen LogP contribution in [0.5, 0.6) is 0 Å². The molecule has 130 valence electrons. The standard InChI is InChI=1S/C19H18ClFN2O2/c1-12-6-7-15(9-16(12)20)23-11-14(8-18(23)24)19(25)22-10-13-4-2-3-5-17(13)21/h2-7,9,14H,8,10-11H2,1H3,(H,22,25). The van der Waals surface area contributed by atoms with E-state index in [9.17, 15) is 14.0 Å². The summed E-state index contributed by atoms with van der Waals surface area (Å²) < 4.78 is 13.6. The van der Waals surface area contributed by atoms with Gasteiger partial charge in [-0.25, -0.2) is 4.39 Å². The van der Waals surface area contributed by atoms with Crippen molar-refractivity contribution in [2.75, 3.05) is 11.4 Å². The molecule has 0 saturated carbocycles. The van der Waals surface area contributed by atoms with Crippen LogP contribution in [-0.4, -0.2) is 18.4 Å². The van der Waals surface area contributed by atoms with Gasteiger partial charge in [0, 0.05) is 35.8 Å². The third-order valence-electron chi connectivity index (χ3n) is 4.37. The Kier molecular flexibility index (Phi) is 5.04. The Morgan fingerprint density at radius 1 is 1.32 bits per heavy atom. The topological polar surface area (TPSA) is 49.4 Å². The van der Waals surface area contributed by atoms with Crippen molar-refractivity contribution in [1.29, 1.82) is 0 Å². The summed E-state index contributed by atoms with van der Waals surface area (Å²) in [5.41, 5.74) is 2.03. The number of nitrogens with zero attached hydrogens (tertiary/aromatic N) is 1. The highest BCUT2D eigenvalue weighted by molar-refractivity contribution is 6.31. The van der Waals surface area contributed by atoms with Crippen molar-refractivity contribution < 1.29 is 14.0 Å². The van der Waals surface area contributed by atoms with Crippen molar-refractivity contribution in [3.8, 4) is 0 Å². The van der Waals surface area contributed by atoms with Gasteiger partial charge in [-0.2, -0.15) is 0 Å². The first-order chi connectivity index (χ1) is 12.0. The first kappa shape index (κ1) is 17.4. The van der Waals surface area contributed by atoms with E-state index in [1.807, 2.05) is 19.1 Å². The van der Waals surface area contributed by atoms with Crippen LogP contribution in [0.4, 0.5) is 10.1 Å². The Hall–Kier alpha value is -2.40. The largest absolute Gasteiger partial charge is 0.352 e. The van der Waals surface area contributed by atoms with E-state index in [0.29, 0.717) is 22.8 Å². The van der Waals surface area contributed by atoms with Crippen molar-refractivity contribution in [2.45, 2.75) is 19.9 Å². The van der Waals surface area contributed by atoms with Crippen LogP contribution >= 0.6 is 11.6 Å². The smallest absolute Gasteiger partial charge is 0.227 e. The molecule has 1 aliphatic rings.